The van der Waals surface area contributed by atoms with E-state index in [0.717, 1.165) is 6.07 Å². The molecule has 1 aliphatic carbocycles. The molecule has 1 aromatic heterocycles. The molecule has 0 unspecified atom stereocenters. The topological polar surface area (TPSA) is 98.9 Å². The summed E-state index contributed by atoms with van der Waals surface area (Å²) < 4.78 is 56.9. The molecule has 0 bridgehead atoms. The van der Waals surface area contributed by atoms with Gasteiger partial charge in [-0.1, -0.05) is 11.8 Å². The van der Waals surface area contributed by atoms with Crippen LogP contribution in [0.1, 0.15) is 40.3 Å². The molecule has 3 amide bonds. The molecule has 4 rings (SSSR count). The molecular formula is C20H17F4N5O2. The zero-order valence-electron chi connectivity index (χ0n) is 16.2. The number of aromatic nitrogens is 2. The summed E-state index contributed by atoms with van der Waals surface area (Å²) in [7, 11) is 0. The van der Waals surface area contributed by atoms with Crippen LogP contribution in [-0.4, -0.2) is 28.1 Å². The standard InChI is InChI=1S/C20H17F4N5O2/c1-10-8-25-16(27-10)17(30)26-9-12-6-15-13(7-14(12)21)19(20(22,23)24,29-18(31)28-15)5-4-11-2-3-11/h6-8,11H,2-3,9H2,1H3,(H,25,27)(H,26,30)(H2,28,29,31)/t19-/m0/s1. The molecule has 2 aromatic rings. The maximum absolute atomic E-state index is 14.7. The summed E-state index contributed by atoms with van der Waals surface area (Å²) in [6, 6.07) is 0.647. The first-order chi connectivity index (χ1) is 14.6. The molecule has 31 heavy (non-hydrogen) atoms. The van der Waals surface area contributed by atoms with Gasteiger partial charge in [-0.2, -0.15) is 13.2 Å². The quantitative estimate of drug-likeness (QED) is 0.441. The molecule has 0 saturated heterocycles. The maximum atomic E-state index is 14.7. The number of imidazole rings is 1. The van der Waals surface area contributed by atoms with E-state index in [9.17, 15) is 27.2 Å². The second-order valence-corrected chi connectivity index (χ2v) is 7.46. The van der Waals surface area contributed by atoms with Gasteiger partial charge in [0.25, 0.3) is 5.91 Å². The van der Waals surface area contributed by atoms with E-state index in [4.69, 9.17) is 0 Å². The molecule has 1 fully saturated rings. The van der Waals surface area contributed by atoms with Crippen molar-refractivity contribution in [2.75, 3.05) is 5.32 Å². The Labute approximate surface area is 174 Å². The van der Waals surface area contributed by atoms with Crippen molar-refractivity contribution in [2.45, 2.75) is 38.0 Å². The number of nitrogens with zero attached hydrogens (tertiary/aromatic N) is 1. The number of alkyl halides is 3. The minimum atomic E-state index is -4.99. The van der Waals surface area contributed by atoms with Crippen molar-refractivity contribution in [1.29, 1.82) is 0 Å². The molecule has 162 valence electrons. The summed E-state index contributed by atoms with van der Waals surface area (Å²) in [6.07, 6.45) is -2.18. The van der Waals surface area contributed by atoms with Gasteiger partial charge in [-0.25, -0.2) is 14.2 Å². The Bertz CT molecular complexity index is 1130. The Hall–Kier alpha value is -3.55. The molecule has 7 nitrogen and oxygen atoms in total. The third-order valence-corrected chi connectivity index (χ3v) is 4.96. The summed E-state index contributed by atoms with van der Waals surface area (Å²) in [5, 5.41) is 6.53. The van der Waals surface area contributed by atoms with Gasteiger partial charge in [-0.05, 0) is 31.9 Å². The average molecular weight is 435 g/mol. The molecule has 1 atom stereocenters. The van der Waals surface area contributed by atoms with E-state index in [1.807, 2.05) is 5.32 Å². The first kappa shape index (κ1) is 20.7. The number of rotatable bonds is 3. The van der Waals surface area contributed by atoms with E-state index in [0.29, 0.717) is 24.6 Å². The Kier molecular flexibility index (Phi) is 4.88. The van der Waals surface area contributed by atoms with Gasteiger partial charge >= 0.3 is 12.2 Å². The second-order valence-electron chi connectivity index (χ2n) is 7.46. The number of carbonyl (C=O) groups excluding carboxylic acids is 2. The van der Waals surface area contributed by atoms with Crippen LogP contribution in [0.2, 0.25) is 0 Å². The summed E-state index contributed by atoms with van der Waals surface area (Å²) in [5.74, 6) is 2.93. The normalized spacial score (nSPS) is 20.1. The second kappa shape index (κ2) is 7.30. The van der Waals surface area contributed by atoms with Gasteiger partial charge < -0.3 is 20.9 Å². The lowest BCUT2D eigenvalue weighted by Gasteiger charge is -2.37. The smallest absolute Gasteiger partial charge is 0.345 e. The van der Waals surface area contributed by atoms with Gasteiger partial charge in [0.2, 0.25) is 5.54 Å². The molecule has 4 N–H and O–H groups in total. The number of urea groups is 1. The number of anilines is 1. The fourth-order valence-electron chi connectivity index (χ4n) is 3.18. The Morgan fingerprint density at radius 3 is 2.71 bits per heavy atom. The maximum Gasteiger partial charge on any atom is 0.427 e. The van der Waals surface area contributed by atoms with E-state index in [2.05, 4.69) is 32.4 Å². The van der Waals surface area contributed by atoms with Crippen LogP contribution in [-0.2, 0) is 12.1 Å². The van der Waals surface area contributed by atoms with Gasteiger partial charge in [0.15, 0.2) is 5.82 Å². The van der Waals surface area contributed by atoms with E-state index in [1.54, 1.807) is 6.92 Å². The fourth-order valence-corrected chi connectivity index (χ4v) is 3.18. The Morgan fingerprint density at radius 2 is 2.10 bits per heavy atom. The minimum absolute atomic E-state index is 0.0137. The molecule has 1 saturated carbocycles. The van der Waals surface area contributed by atoms with Crippen LogP contribution in [0.15, 0.2) is 18.3 Å². The predicted molar refractivity (Wildman–Crippen MR) is 101 cm³/mol. The SMILES string of the molecule is Cc1cnc(C(=O)NCc2cc3c(cc2F)[C@@](C#CC2CC2)(C(F)(F)F)NC(=O)N3)[nH]1. The van der Waals surface area contributed by atoms with Crippen molar-refractivity contribution in [3.8, 4) is 11.8 Å². The minimum Gasteiger partial charge on any atom is -0.345 e. The first-order valence-corrected chi connectivity index (χ1v) is 9.40. The monoisotopic (exact) mass is 435 g/mol. The number of aryl methyl sites for hydroxylation is 1. The summed E-state index contributed by atoms with van der Waals surface area (Å²) >= 11 is 0. The molecule has 0 spiro atoms. The number of carbonyl (C=O) groups is 2. The number of hydrogen-bond donors (Lipinski definition) is 4. The van der Waals surface area contributed by atoms with Crippen molar-refractivity contribution in [3.05, 3.63) is 46.8 Å². The van der Waals surface area contributed by atoms with Crippen LogP contribution in [0.3, 0.4) is 0 Å². The highest BCUT2D eigenvalue weighted by atomic mass is 19.4. The highest BCUT2D eigenvalue weighted by Crippen LogP contribution is 2.45. The Balaban J connectivity index is 1.68. The lowest BCUT2D eigenvalue weighted by molar-refractivity contribution is -0.178. The number of H-pyrrole nitrogens is 1. The van der Waals surface area contributed by atoms with Crippen molar-refractivity contribution in [3.63, 3.8) is 0 Å². The molecule has 0 radical (unpaired) electrons. The van der Waals surface area contributed by atoms with E-state index in [1.165, 1.54) is 6.20 Å². The van der Waals surface area contributed by atoms with Crippen molar-refractivity contribution in [1.82, 2.24) is 20.6 Å². The van der Waals surface area contributed by atoms with Gasteiger partial charge in [-0.3, -0.25) is 4.79 Å². The summed E-state index contributed by atoms with van der Waals surface area (Å²) in [4.78, 5) is 30.7. The zero-order chi connectivity index (χ0) is 22.4. The van der Waals surface area contributed by atoms with Crippen LogP contribution < -0.4 is 16.0 Å². The van der Waals surface area contributed by atoms with Crippen LogP contribution in [0, 0.1) is 30.5 Å². The fraction of sp³-hybridized carbons (Fsp3) is 0.350. The van der Waals surface area contributed by atoms with Crippen molar-refractivity contribution < 1.29 is 27.2 Å². The van der Waals surface area contributed by atoms with Crippen LogP contribution in [0.25, 0.3) is 0 Å². The molecule has 1 aliphatic heterocycles. The third-order valence-electron chi connectivity index (χ3n) is 4.96. The third kappa shape index (κ3) is 3.93. The molecule has 2 heterocycles. The van der Waals surface area contributed by atoms with E-state index >= 15 is 0 Å². The van der Waals surface area contributed by atoms with E-state index < -0.39 is 35.0 Å². The lowest BCUT2D eigenvalue weighted by Crippen LogP contribution is -2.59. The number of benzene rings is 1. The van der Waals surface area contributed by atoms with Crippen LogP contribution in [0.5, 0.6) is 0 Å². The van der Waals surface area contributed by atoms with E-state index in [-0.39, 0.29) is 29.5 Å². The number of aromatic amines is 1. The summed E-state index contributed by atoms with van der Waals surface area (Å²) in [5.41, 5.74) is -3.26. The van der Waals surface area contributed by atoms with Gasteiger partial charge in [0, 0.05) is 41.2 Å². The highest BCUT2D eigenvalue weighted by molar-refractivity contribution is 5.95. The van der Waals surface area contributed by atoms with Gasteiger partial charge in [0.1, 0.15) is 5.82 Å². The van der Waals surface area contributed by atoms with Crippen LogP contribution >= 0.6 is 0 Å². The van der Waals surface area contributed by atoms with Crippen LogP contribution in [0.4, 0.5) is 28.0 Å². The highest BCUT2D eigenvalue weighted by Gasteiger charge is 2.59. The molecule has 11 heteroatoms. The molecular weight excluding hydrogens is 418 g/mol. The number of fused-ring (bicyclic) bond motifs is 1. The molecule has 2 aliphatic rings. The zero-order valence-corrected chi connectivity index (χ0v) is 16.2. The largest absolute Gasteiger partial charge is 0.427 e. The Morgan fingerprint density at radius 1 is 1.35 bits per heavy atom. The number of halogens is 4. The first-order valence-electron chi connectivity index (χ1n) is 9.40. The number of nitrogens with one attached hydrogen (secondary N) is 4. The lowest BCUT2D eigenvalue weighted by atomic mass is 9.85. The van der Waals surface area contributed by atoms with Gasteiger partial charge in [0.05, 0.1) is 0 Å². The van der Waals surface area contributed by atoms with Crippen molar-refractivity contribution in [2.24, 2.45) is 5.92 Å². The summed E-state index contributed by atoms with van der Waals surface area (Å²) in [6.45, 7) is 1.37. The average Bonchev–Trinajstić information content (AvgIpc) is 3.42. The number of hydrogen-bond acceptors (Lipinski definition) is 3. The number of amides is 3. The predicted octanol–water partition coefficient (Wildman–Crippen LogP) is 3.09. The molecule has 1 aromatic carbocycles. The van der Waals surface area contributed by atoms with Crippen molar-refractivity contribution >= 4 is 17.6 Å². The van der Waals surface area contributed by atoms with Gasteiger partial charge in [-0.15, -0.1) is 0 Å².